The zero-order valence-corrected chi connectivity index (χ0v) is 14.1. The first-order valence-electron chi connectivity index (χ1n) is 5.31. The van der Waals surface area contributed by atoms with E-state index < -0.39 is 43.9 Å². The van der Waals surface area contributed by atoms with Crippen LogP contribution >= 0.6 is 46.4 Å². The van der Waals surface area contributed by atoms with Crippen LogP contribution in [0, 0.1) is 0 Å². The topological polar surface area (TPSA) is 158 Å². The Morgan fingerprint density at radius 3 is 1.25 bits per heavy atom. The highest BCUT2D eigenvalue weighted by Crippen LogP contribution is 2.12. The molecular formula is C10H6Cl4N4O6. The maximum atomic E-state index is 11.3. The summed E-state index contributed by atoms with van der Waals surface area (Å²) in [5.41, 5.74) is 3.39. The van der Waals surface area contributed by atoms with Crippen LogP contribution in [0.25, 0.3) is 0 Å². The number of hydrogen-bond acceptors (Lipinski definition) is 6. The van der Waals surface area contributed by atoms with Crippen LogP contribution < -0.4 is 10.9 Å². The third kappa shape index (κ3) is 7.92. The summed E-state index contributed by atoms with van der Waals surface area (Å²) in [7, 11) is 0. The van der Waals surface area contributed by atoms with Gasteiger partial charge in [-0.25, -0.2) is 20.4 Å². The summed E-state index contributed by atoms with van der Waals surface area (Å²) >= 11 is 21.4. The first-order chi connectivity index (χ1) is 11.1. The number of nitrogens with zero attached hydrogens (tertiary/aromatic N) is 2. The summed E-state index contributed by atoms with van der Waals surface area (Å²) in [5, 5.41) is 20.9. The van der Waals surface area contributed by atoms with Crippen molar-refractivity contribution in [1.82, 2.24) is 10.9 Å². The molecule has 0 rings (SSSR count). The Hall–Kier alpha value is -2.14. The Bertz CT molecular complexity index is 627. The average Bonchev–Trinajstić information content (AvgIpc) is 2.52. The van der Waals surface area contributed by atoms with E-state index in [1.54, 1.807) is 10.9 Å². The van der Waals surface area contributed by atoms with Gasteiger partial charge in [0.1, 0.15) is 10.1 Å². The molecule has 24 heavy (non-hydrogen) atoms. The normalized spacial score (nSPS) is 13.3. The average molecular weight is 420 g/mol. The Labute approximate surface area is 153 Å². The Kier molecular flexibility index (Phi) is 9.65. The number of halogens is 4. The van der Waals surface area contributed by atoms with Crippen LogP contribution in [0.3, 0.4) is 0 Å². The summed E-state index contributed by atoms with van der Waals surface area (Å²) in [6, 6.07) is 0. The minimum Gasteiger partial charge on any atom is -0.477 e. The van der Waals surface area contributed by atoms with Crippen molar-refractivity contribution in [2.75, 3.05) is 0 Å². The second-order valence-electron chi connectivity index (χ2n) is 3.33. The highest BCUT2D eigenvalue weighted by Gasteiger charge is 2.13. The number of amides is 2. The van der Waals surface area contributed by atoms with E-state index in [0.717, 1.165) is 0 Å². The Balaban J connectivity index is 4.64. The second kappa shape index (κ2) is 10.6. The van der Waals surface area contributed by atoms with Gasteiger partial charge in [-0.1, -0.05) is 46.4 Å². The maximum absolute atomic E-state index is 11.3. The van der Waals surface area contributed by atoms with Crippen molar-refractivity contribution in [1.29, 1.82) is 0 Å². The van der Waals surface area contributed by atoms with Gasteiger partial charge in [-0.05, 0) is 0 Å². The van der Waals surface area contributed by atoms with Crippen LogP contribution in [0.4, 0.5) is 0 Å². The third-order valence-electron chi connectivity index (χ3n) is 1.69. The number of aliphatic carboxylic acids is 2. The number of carboxylic acids is 2. The molecule has 0 aromatic rings. The summed E-state index contributed by atoms with van der Waals surface area (Å²) in [6.07, 6.45) is 1.36. The van der Waals surface area contributed by atoms with Gasteiger partial charge < -0.3 is 10.2 Å². The van der Waals surface area contributed by atoms with Gasteiger partial charge in [0.05, 0.1) is 22.5 Å². The number of carbonyl (C=O) groups is 4. The van der Waals surface area contributed by atoms with Crippen molar-refractivity contribution in [3.8, 4) is 0 Å². The largest absolute Gasteiger partial charge is 0.477 e. The van der Waals surface area contributed by atoms with E-state index in [1.807, 2.05) is 0 Å². The van der Waals surface area contributed by atoms with Crippen LogP contribution in [0.1, 0.15) is 0 Å². The molecule has 0 saturated carbocycles. The van der Waals surface area contributed by atoms with Crippen LogP contribution in [-0.2, 0) is 19.2 Å². The molecule has 2 amide bonds. The lowest BCUT2D eigenvalue weighted by Gasteiger charge is -1.98. The maximum Gasteiger partial charge on any atom is 0.348 e. The number of nitrogens with one attached hydrogen (secondary N) is 2. The molecule has 0 saturated heterocycles. The van der Waals surface area contributed by atoms with Gasteiger partial charge in [0.15, 0.2) is 0 Å². The fourth-order valence-corrected chi connectivity index (χ4v) is 1.07. The number of allylic oxidation sites excluding steroid dienone is 2. The Morgan fingerprint density at radius 2 is 1.00 bits per heavy atom. The highest BCUT2D eigenvalue weighted by atomic mass is 35.5. The molecule has 0 bridgehead atoms. The van der Waals surface area contributed by atoms with Crippen molar-refractivity contribution in [2.45, 2.75) is 0 Å². The van der Waals surface area contributed by atoms with E-state index in [4.69, 9.17) is 56.6 Å². The third-order valence-corrected chi connectivity index (χ3v) is 3.19. The SMILES string of the molecule is O=C(N/N=C/C(Cl)=C(\Cl)C(=O)O)C(=O)N/N=C/C(Cl)=C(\Cl)C(=O)O. The zero-order chi connectivity index (χ0) is 18.9. The van der Waals surface area contributed by atoms with E-state index in [2.05, 4.69) is 10.2 Å². The van der Waals surface area contributed by atoms with Crippen molar-refractivity contribution in [3.05, 3.63) is 20.1 Å². The molecule has 0 aromatic carbocycles. The van der Waals surface area contributed by atoms with Gasteiger partial charge in [-0.15, -0.1) is 0 Å². The standard InChI is InChI=1S/C10H6Cl4N4O6/c11-3(5(13)9(21)22)1-15-17-7(19)8(20)18-16-2-4(12)6(14)10(23)24/h1-2H,(H,17,19)(H,18,20)(H,21,22)(H,23,24)/b5-3+,6-4+,15-1+,16-2+. The molecule has 0 atom stereocenters. The molecule has 0 aliphatic heterocycles. The summed E-state index contributed by atoms with van der Waals surface area (Å²) < 4.78 is 0. The molecule has 14 heteroatoms. The van der Waals surface area contributed by atoms with Crippen molar-refractivity contribution in [2.24, 2.45) is 10.2 Å². The van der Waals surface area contributed by atoms with Gasteiger partial charge in [0.25, 0.3) is 0 Å². The lowest BCUT2D eigenvalue weighted by molar-refractivity contribution is -0.139. The van der Waals surface area contributed by atoms with Crippen LogP contribution in [-0.4, -0.2) is 46.4 Å². The fourth-order valence-electron chi connectivity index (χ4n) is 0.714. The minimum absolute atomic E-state index is 0.497. The molecule has 0 radical (unpaired) electrons. The lowest BCUT2D eigenvalue weighted by Crippen LogP contribution is -2.35. The van der Waals surface area contributed by atoms with Crippen molar-refractivity contribution < 1.29 is 29.4 Å². The smallest absolute Gasteiger partial charge is 0.348 e. The molecule has 0 spiro atoms. The molecule has 0 heterocycles. The monoisotopic (exact) mass is 418 g/mol. The molecule has 0 aromatic heterocycles. The predicted molar refractivity (Wildman–Crippen MR) is 86.0 cm³/mol. The number of hydrazone groups is 2. The number of carbonyl (C=O) groups excluding carboxylic acids is 2. The number of rotatable bonds is 6. The molecule has 0 fully saturated rings. The molecule has 0 aliphatic carbocycles. The molecule has 0 unspecified atom stereocenters. The molecule has 10 nitrogen and oxygen atoms in total. The van der Waals surface area contributed by atoms with E-state index in [-0.39, 0.29) is 0 Å². The van der Waals surface area contributed by atoms with Crippen LogP contribution in [0.15, 0.2) is 30.3 Å². The van der Waals surface area contributed by atoms with Crippen molar-refractivity contribution >= 4 is 82.6 Å². The van der Waals surface area contributed by atoms with Gasteiger partial charge >= 0.3 is 23.8 Å². The predicted octanol–water partition coefficient (Wildman–Crippen LogP) is 0.738. The zero-order valence-electron chi connectivity index (χ0n) is 11.1. The summed E-state index contributed by atoms with van der Waals surface area (Å²) in [6.45, 7) is 0. The fraction of sp³-hybridized carbons (Fsp3) is 0. The first-order valence-corrected chi connectivity index (χ1v) is 6.82. The molecule has 0 aliphatic rings. The summed E-state index contributed by atoms with van der Waals surface area (Å²) in [4.78, 5) is 43.4. The summed E-state index contributed by atoms with van der Waals surface area (Å²) in [5.74, 6) is -5.64. The van der Waals surface area contributed by atoms with Gasteiger partial charge in [-0.2, -0.15) is 10.2 Å². The number of carboxylic acid groups (broad SMARTS) is 2. The van der Waals surface area contributed by atoms with E-state index in [1.165, 1.54) is 0 Å². The Morgan fingerprint density at radius 1 is 0.708 bits per heavy atom. The van der Waals surface area contributed by atoms with E-state index in [9.17, 15) is 19.2 Å². The second-order valence-corrected chi connectivity index (χ2v) is 4.90. The van der Waals surface area contributed by atoms with Crippen LogP contribution in [0.2, 0.25) is 0 Å². The quantitative estimate of drug-likeness (QED) is 0.215. The van der Waals surface area contributed by atoms with E-state index in [0.29, 0.717) is 12.4 Å². The molecular weight excluding hydrogens is 414 g/mol. The molecule has 130 valence electrons. The number of hydrogen-bond donors (Lipinski definition) is 4. The lowest BCUT2D eigenvalue weighted by atomic mass is 10.5. The highest BCUT2D eigenvalue weighted by molar-refractivity contribution is 6.52. The first kappa shape index (κ1) is 21.9. The van der Waals surface area contributed by atoms with Gasteiger partial charge in [0, 0.05) is 0 Å². The molecule has 4 N–H and O–H groups in total. The van der Waals surface area contributed by atoms with E-state index >= 15 is 0 Å². The van der Waals surface area contributed by atoms with Gasteiger partial charge in [0.2, 0.25) is 0 Å². The van der Waals surface area contributed by atoms with Crippen molar-refractivity contribution in [3.63, 3.8) is 0 Å². The minimum atomic E-state index is -1.52. The van der Waals surface area contributed by atoms with Crippen LogP contribution in [0.5, 0.6) is 0 Å². The van der Waals surface area contributed by atoms with Gasteiger partial charge in [-0.3, -0.25) is 9.59 Å².